The van der Waals surface area contributed by atoms with Gasteiger partial charge in [0, 0.05) is 12.7 Å². The van der Waals surface area contributed by atoms with Crippen molar-refractivity contribution in [2.24, 2.45) is 0 Å². The van der Waals surface area contributed by atoms with E-state index in [1.165, 1.54) is 5.56 Å². The van der Waals surface area contributed by atoms with Crippen LogP contribution in [0.1, 0.15) is 49.2 Å². The van der Waals surface area contributed by atoms with E-state index in [-0.39, 0.29) is 11.2 Å². The van der Waals surface area contributed by atoms with Crippen LogP contribution < -0.4 is 0 Å². The lowest BCUT2D eigenvalue weighted by atomic mass is 9.87. The highest BCUT2D eigenvalue weighted by atomic mass is 16.1. The van der Waals surface area contributed by atoms with Crippen LogP contribution in [0.5, 0.6) is 0 Å². The van der Waals surface area contributed by atoms with Gasteiger partial charge in [0.1, 0.15) is 0 Å². The molecule has 3 nitrogen and oxygen atoms in total. The first kappa shape index (κ1) is 15.2. The van der Waals surface area contributed by atoms with Crippen molar-refractivity contribution in [1.29, 1.82) is 0 Å². The first-order valence-electron chi connectivity index (χ1n) is 7.25. The van der Waals surface area contributed by atoms with E-state index >= 15 is 0 Å². The van der Waals surface area contributed by atoms with Crippen LogP contribution in [0.25, 0.3) is 6.08 Å². The maximum absolute atomic E-state index is 12.0. The van der Waals surface area contributed by atoms with Gasteiger partial charge in [-0.1, -0.05) is 51.1 Å². The van der Waals surface area contributed by atoms with Gasteiger partial charge < -0.3 is 0 Å². The lowest BCUT2D eigenvalue weighted by molar-refractivity contribution is 0.104. The van der Waals surface area contributed by atoms with E-state index in [9.17, 15) is 4.79 Å². The molecule has 0 aliphatic rings. The zero-order valence-electron chi connectivity index (χ0n) is 13.1. The number of benzene rings is 1. The molecule has 0 fully saturated rings. The van der Waals surface area contributed by atoms with Gasteiger partial charge in [-0.2, -0.15) is 5.10 Å². The largest absolute Gasteiger partial charge is 0.289 e. The predicted molar refractivity (Wildman–Crippen MR) is 86.4 cm³/mol. The molecular weight excluding hydrogens is 260 g/mol. The third-order valence-corrected chi connectivity index (χ3v) is 3.45. The Hall–Kier alpha value is -2.16. The van der Waals surface area contributed by atoms with Crippen molar-refractivity contribution >= 4 is 11.9 Å². The number of carbonyl (C=O) groups is 1. The van der Waals surface area contributed by atoms with E-state index < -0.39 is 0 Å². The third kappa shape index (κ3) is 3.91. The standard InChI is InChI=1S/C18H22N2O/c1-5-20-13-15(12-19-20)17(21)11-8-14-6-9-16(10-7-14)18(2,3)4/h6-13H,5H2,1-4H3/b11-8+. The second kappa shape index (κ2) is 6.08. The summed E-state index contributed by atoms with van der Waals surface area (Å²) in [6.45, 7) is 9.32. The molecule has 21 heavy (non-hydrogen) atoms. The zero-order chi connectivity index (χ0) is 15.5. The molecule has 1 heterocycles. The van der Waals surface area contributed by atoms with Crippen LogP contribution in [-0.2, 0) is 12.0 Å². The van der Waals surface area contributed by atoms with Gasteiger partial charge in [0.15, 0.2) is 5.78 Å². The smallest absolute Gasteiger partial charge is 0.189 e. The molecule has 0 atom stereocenters. The molecular formula is C18H22N2O. The van der Waals surface area contributed by atoms with E-state index in [1.54, 1.807) is 23.2 Å². The molecule has 0 N–H and O–H groups in total. The molecule has 0 aliphatic heterocycles. The van der Waals surface area contributed by atoms with Crippen molar-refractivity contribution < 1.29 is 4.79 Å². The number of nitrogens with zero attached hydrogens (tertiary/aromatic N) is 2. The van der Waals surface area contributed by atoms with Crippen molar-refractivity contribution in [2.75, 3.05) is 0 Å². The molecule has 0 spiro atoms. The Bertz CT molecular complexity index is 643. The van der Waals surface area contributed by atoms with E-state index in [0.717, 1.165) is 12.1 Å². The number of hydrogen-bond donors (Lipinski definition) is 0. The molecule has 1 aromatic carbocycles. The minimum atomic E-state index is -0.0189. The monoisotopic (exact) mass is 282 g/mol. The second-order valence-electron chi connectivity index (χ2n) is 6.15. The van der Waals surface area contributed by atoms with Crippen molar-refractivity contribution in [3.8, 4) is 0 Å². The summed E-state index contributed by atoms with van der Waals surface area (Å²) in [5.74, 6) is -0.0189. The van der Waals surface area contributed by atoms with Crippen molar-refractivity contribution in [3.05, 3.63) is 59.4 Å². The number of carbonyl (C=O) groups excluding carboxylic acids is 1. The van der Waals surface area contributed by atoms with Crippen LogP contribution in [0.15, 0.2) is 42.7 Å². The Morgan fingerprint density at radius 3 is 2.43 bits per heavy atom. The molecule has 2 rings (SSSR count). The minimum Gasteiger partial charge on any atom is -0.289 e. The molecule has 110 valence electrons. The molecule has 2 aromatic rings. The fourth-order valence-corrected chi connectivity index (χ4v) is 2.03. The Kier molecular flexibility index (Phi) is 4.41. The summed E-state index contributed by atoms with van der Waals surface area (Å²) in [4.78, 5) is 12.0. The van der Waals surface area contributed by atoms with Crippen LogP contribution in [-0.4, -0.2) is 15.6 Å². The Balaban J connectivity index is 2.08. The average molecular weight is 282 g/mol. The van der Waals surface area contributed by atoms with Crippen LogP contribution in [0, 0.1) is 0 Å². The highest BCUT2D eigenvalue weighted by Gasteiger charge is 2.12. The third-order valence-electron chi connectivity index (χ3n) is 3.45. The molecule has 0 aliphatic carbocycles. The summed E-state index contributed by atoms with van der Waals surface area (Å²) in [5, 5.41) is 4.11. The number of hydrogen-bond acceptors (Lipinski definition) is 2. The first-order valence-corrected chi connectivity index (χ1v) is 7.25. The summed E-state index contributed by atoms with van der Waals surface area (Å²) in [6.07, 6.45) is 6.83. The molecule has 0 unspecified atom stereocenters. The Labute approximate surface area is 126 Å². The molecule has 0 saturated heterocycles. The summed E-state index contributed by atoms with van der Waals surface area (Å²) >= 11 is 0. The molecule has 3 heteroatoms. The highest BCUT2D eigenvalue weighted by molar-refractivity contribution is 6.06. The van der Waals surface area contributed by atoms with E-state index in [0.29, 0.717) is 5.56 Å². The number of ketones is 1. The molecule has 0 radical (unpaired) electrons. The number of aryl methyl sites for hydroxylation is 1. The van der Waals surface area contributed by atoms with Gasteiger partial charge >= 0.3 is 0 Å². The van der Waals surface area contributed by atoms with Crippen molar-refractivity contribution in [2.45, 2.75) is 39.7 Å². The maximum Gasteiger partial charge on any atom is 0.189 e. The molecule has 0 amide bonds. The summed E-state index contributed by atoms with van der Waals surface area (Å²) < 4.78 is 1.75. The highest BCUT2D eigenvalue weighted by Crippen LogP contribution is 2.22. The van der Waals surface area contributed by atoms with Gasteiger partial charge in [-0.15, -0.1) is 0 Å². The Morgan fingerprint density at radius 1 is 1.24 bits per heavy atom. The van der Waals surface area contributed by atoms with Crippen LogP contribution in [0.3, 0.4) is 0 Å². The van der Waals surface area contributed by atoms with Crippen LogP contribution in [0.4, 0.5) is 0 Å². The maximum atomic E-state index is 12.0. The fraction of sp³-hybridized carbons (Fsp3) is 0.333. The van der Waals surface area contributed by atoms with Gasteiger partial charge in [-0.05, 0) is 29.5 Å². The zero-order valence-corrected chi connectivity index (χ0v) is 13.1. The number of rotatable bonds is 4. The topological polar surface area (TPSA) is 34.9 Å². The minimum absolute atomic E-state index is 0.0189. The molecule has 0 bridgehead atoms. The number of aromatic nitrogens is 2. The SMILES string of the molecule is CCn1cc(C(=O)/C=C/c2ccc(C(C)(C)C)cc2)cn1. The molecule has 0 saturated carbocycles. The van der Waals surface area contributed by atoms with Gasteiger partial charge in [-0.25, -0.2) is 0 Å². The normalized spacial score (nSPS) is 12.0. The summed E-state index contributed by atoms with van der Waals surface area (Å²) in [5.41, 5.74) is 3.08. The van der Waals surface area contributed by atoms with Crippen molar-refractivity contribution in [3.63, 3.8) is 0 Å². The van der Waals surface area contributed by atoms with Crippen LogP contribution >= 0.6 is 0 Å². The van der Waals surface area contributed by atoms with Gasteiger partial charge in [0.2, 0.25) is 0 Å². The van der Waals surface area contributed by atoms with Crippen LogP contribution in [0.2, 0.25) is 0 Å². The summed E-state index contributed by atoms with van der Waals surface area (Å²) in [7, 11) is 0. The molecule has 1 aromatic heterocycles. The second-order valence-corrected chi connectivity index (χ2v) is 6.15. The quantitative estimate of drug-likeness (QED) is 0.625. The number of allylic oxidation sites excluding steroid dienone is 1. The fourth-order valence-electron chi connectivity index (χ4n) is 2.03. The first-order chi connectivity index (χ1) is 9.90. The Morgan fingerprint density at radius 2 is 1.90 bits per heavy atom. The van der Waals surface area contributed by atoms with Gasteiger partial charge in [0.05, 0.1) is 11.8 Å². The summed E-state index contributed by atoms with van der Waals surface area (Å²) in [6, 6.07) is 8.30. The predicted octanol–water partition coefficient (Wildman–Crippen LogP) is 4.10. The average Bonchev–Trinajstić information content (AvgIpc) is 2.93. The van der Waals surface area contributed by atoms with Crippen molar-refractivity contribution in [1.82, 2.24) is 9.78 Å². The van der Waals surface area contributed by atoms with Gasteiger partial charge in [-0.3, -0.25) is 9.48 Å². The van der Waals surface area contributed by atoms with E-state index in [1.807, 2.05) is 25.1 Å². The van der Waals surface area contributed by atoms with E-state index in [2.05, 4.69) is 38.0 Å². The van der Waals surface area contributed by atoms with E-state index in [4.69, 9.17) is 0 Å². The lowest BCUT2D eigenvalue weighted by Crippen LogP contribution is -2.10. The lowest BCUT2D eigenvalue weighted by Gasteiger charge is -2.18. The van der Waals surface area contributed by atoms with Gasteiger partial charge in [0.25, 0.3) is 0 Å².